The summed E-state index contributed by atoms with van der Waals surface area (Å²) in [7, 11) is 1.84. The Morgan fingerprint density at radius 1 is 1.11 bits per heavy atom. The van der Waals surface area contributed by atoms with Crippen molar-refractivity contribution in [2.75, 3.05) is 11.9 Å². The molecule has 19 heavy (non-hydrogen) atoms. The van der Waals surface area contributed by atoms with Crippen LogP contribution in [0.3, 0.4) is 0 Å². The van der Waals surface area contributed by atoms with Crippen molar-refractivity contribution in [1.29, 1.82) is 0 Å². The maximum absolute atomic E-state index is 13.9. The van der Waals surface area contributed by atoms with Gasteiger partial charge in [-0.3, -0.25) is 4.79 Å². The lowest BCUT2D eigenvalue weighted by molar-refractivity contribution is 0.0927. The van der Waals surface area contributed by atoms with Crippen LogP contribution < -0.4 is 10.2 Å². The van der Waals surface area contributed by atoms with E-state index in [0.717, 1.165) is 5.69 Å². The van der Waals surface area contributed by atoms with E-state index in [1.54, 1.807) is 24.3 Å². The Labute approximate surface area is 110 Å². The summed E-state index contributed by atoms with van der Waals surface area (Å²) >= 11 is 0. The highest BCUT2D eigenvalue weighted by Crippen LogP contribution is 2.32. The number of carbonyl (C=O) groups is 1. The van der Waals surface area contributed by atoms with Crippen LogP contribution in [-0.4, -0.2) is 13.0 Å². The van der Waals surface area contributed by atoms with Crippen LogP contribution in [-0.2, 0) is 0 Å². The van der Waals surface area contributed by atoms with Gasteiger partial charge in [0.05, 0.1) is 11.3 Å². The van der Waals surface area contributed by atoms with Crippen molar-refractivity contribution in [2.24, 2.45) is 0 Å². The van der Waals surface area contributed by atoms with Crippen LogP contribution in [0.5, 0.6) is 0 Å². The van der Waals surface area contributed by atoms with Crippen molar-refractivity contribution in [1.82, 2.24) is 5.32 Å². The number of halogens is 1. The Hall–Kier alpha value is -2.36. The molecule has 2 aromatic rings. The standard InChI is InChI=1S/C15H13FN2O/c1-18-13-9-5-3-7-11(13)15(19)17-14(18)10-6-2-4-8-12(10)16/h2-9,14H,1H3,(H,17,19). The van der Waals surface area contributed by atoms with Gasteiger partial charge < -0.3 is 10.2 Å². The molecule has 0 bridgehead atoms. The molecule has 1 amide bonds. The third-order valence-electron chi connectivity index (χ3n) is 3.38. The van der Waals surface area contributed by atoms with Gasteiger partial charge in [0.25, 0.3) is 5.91 Å². The van der Waals surface area contributed by atoms with Crippen molar-refractivity contribution in [3.05, 3.63) is 65.5 Å². The topological polar surface area (TPSA) is 32.3 Å². The van der Waals surface area contributed by atoms with E-state index in [1.807, 2.05) is 30.1 Å². The van der Waals surface area contributed by atoms with E-state index in [1.165, 1.54) is 6.07 Å². The van der Waals surface area contributed by atoms with Gasteiger partial charge in [0.15, 0.2) is 0 Å². The number of fused-ring (bicyclic) bond motifs is 1. The Morgan fingerprint density at radius 2 is 1.79 bits per heavy atom. The number of nitrogens with zero attached hydrogens (tertiary/aromatic N) is 1. The monoisotopic (exact) mass is 256 g/mol. The molecular formula is C15H13FN2O. The van der Waals surface area contributed by atoms with Gasteiger partial charge >= 0.3 is 0 Å². The average Bonchev–Trinajstić information content (AvgIpc) is 2.44. The van der Waals surface area contributed by atoms with Crippen LogP contribution in [0.2, 0.25) is 0 Å². The highest BCUT2D eigenvalue weighted by atomic mass is 19.1. The van der Waals surface area contributed by atoms with E-state index in [2.05, 4.69) is 5.32 Å². The minimum absolute atomic E-state index is 0.179. The van der Waals surface area contributed by atoms with Gasteiger partial charge in [0.2, 0.25) is 0 Å². The SMILES string of the molecule is CN1c2ccccc2C(=O)NC1c1ccccc1F. The minimum atomic E-state index is -0.483. The molecule has 0 spiro atoms. The van der Waals surface area contributed by atoms with Gasteiger partial charge in [0, 0.05) is 12.6 Å². The van der Waals surface area contributed by atoms with Gasteiger partial charge in [-0.15, -0.1) is 0 Å². The Morgan fingerprint density at radius 3 is 2.58 bits per heavy atom. The molecule has 3 nitrogen and oxygen atoms in total. The van der Waals surface area contributed by atoms with Crippen molar-refractivity contribution < 1.29 is 9.18 Å². The Kier molecular flexibility index (Phi) is 2.71. The number of hydrogen-bond acceptors (Lipinski definition) is 2. The average molecular weight is 256 g/mol. The lowest BCUT2D eigenvalue weighted by atomic mass is 10.0. The highest BCUT2D eigenvalue weighted by molar-refractivity contribution is 6.01. The molecule has 3 rings (SSSR count). The van der Waals surface area contributed by atoms with Gasteiger partial charge in [-0.1, -0.05) is 30.3 Å². The summed E-state index contributed by atoms with van der Waals surface area (Å²) in [6, 6.07) is 13.8. The molecule has 0 saturated carbocycles. The second-order valence-corrected chi connectivity index (χ2v) is 4.53. The number of amides is 1. The van der Waals surface area contributed by atoms with Crippen LogP contribution in [0.1, 0.15) is 22.1 Å². The molecule has 2 aromatic carbocycles. The van der Waals surface area contributed by atoms with E-state index < -0.39 is 6.17 Å². The van der Waals surface area contributed by atoms with Gasteiger partial charge in [-0.25, -0.2) is 4.39 Å². The van der Waals surface area contributed by atoms with E-state index in [9.17, 15) is 9.18 Å². The Bertz CT molecular complexity index is 642. The van der Waals surface area contributed by atoms with E-state index >= 15 is 0 Å². The number of anilines is 1. The number of carbonyl (C=O) groups excluding carboxylic acids is 1. The number of para-hydroxylation sites is 1. The normalized spacial score (nSPS) is 17.9. The van der Waals surface area contributed by atoms with Crippen LogP contribution in [0.4, 0.5) is 10.1 Å². The summed E-state index contributed by atoms with van der Waals surface area (Å²) in [5.41, 5.74) is 1.88. The smallest absolute Gasteiger partial charge is 0.255 e. The largest absolute Gasteiger partial charge is 0.350 e. The zero-order chi connectivity index (χ0) is 13.4. The molecule has 0 fully saturated rings. The lowest BCUT2D eigenvalue weighted by Gasteiger charge is -2.36. The summed E-state index contributed by atoms with van der Waals surface area (Å²) in [6.07, 6.45) is -0.483. The van der Waals surface area contributed by atoms with E-state index in [0.29, 0.717) is 11.1 Å². The zero-order valence-corrected chi connectivity index (χ0v) is 10.4. The summed E-state index contributed by atoms with van der Waals surface area (Å²) in [6.45, 7) is 0. The second kappa shape index (κ2) is 4.39. The van der Waals surface area contributed by atoms with Crippen LogP contribution in [0, 0.1) is 5.82 Å². The maximum Gasteiger partial charge on any atom is 0.255 e. The fourth-order valence-corrected chi connectivity index (χ4v) is 2.39. The van der Waals surface area contributed by atoms with Crippen LogP contribution in [0.25, 0.3) is 0 Å². The van der Waals surface area contributed by atoms with E-state index in [-0.39, 0.29) is 11.7 Å². The van der Waals surface area contributed by atoms with Gasteiger partial charge in [-0.2, -0.15) is 0 Å². The first-order valence-corrected chi connectivity index (χ1v) is 6.05. The molecule has 0 radical (unpaired) electrons. The predicted octanol–water partition coefficient (Wildman–Crippen LogP) is 2.70. The third kappa shape index (κ3) is 1.85. The lowest BCUT2D eigenvalue weighted by Crippen LogP contribution is -2.44. The molecule has 1 N–H and O–H groups in total. The molecule has 0 aromatic heterocycles. The highest BCUT2D eigenvalue weighted by Gasteiger charge is 2.30. The summed E-state index contributed by atoms with van der Waals surface area (Å²) in [5.74, 6) is -0.499. The molecule has 1 aliphatic heterocycles. The molecule has 0 saturated heterocycles. The molecule has 0 aliphatic carbocycles. The van der Waals surface area contributed by atoms with Crippen molar-refractivity contribution in [3.63, 3.8) is 0 Å². The second-order valence-electron chi connectivity index (χ2n) is 4.53. The molecule has 1 heterocycles. The fraction of sp³-hybridized carbons (Fsp3) is 0.133. The molecule has 1 aliphatic rings. The quantitative estimate of drug-likeness (QED) is 0.850. The number of nitrogens with one attached hydrogen (secondary N) is 1. The molecule has 1 unspecified atom stereocenters. The fourth-order valence-electron chi connectivity index (χ4n) is 2.39. The van der Waals surface area contributed by atoms with Crippen molar-refractivity contribution in [3.8, 4) is 0 Å². The molecular weight excluding hydrogens is 243 g/mol. The van der Waals surface area contributed by atoms with E-state index in [4.69, 9.17) is 0 Å². The molecule has 1 atom stereocenters. The summed E-state index contributed by atoms with van der Waals surface area (Å²) in [5, 5.41) is 2.83. The molecule has 96 valence electrons. The predicted molar refractivity (Wildman–Crippen MR) is 71.5 cm³/mol. The van der Waals surface area contributed by atoms with Gasteiger partial charge in [0.1, 0.15) is 12.0 Å². The number of benzene rings is 2. The van der Waals surface area contributed by atoms with Crippen molar-refractivity contribution >= 4 is 11.6 Å². The third-order valence-corrected chi connectivity index (χ3v) is 3.38. The minimum Gasteiger partial charge on any atom is -0.350 e. The van der Waals surface area contributed by atoms with Gasteiger partial charge in [-0.05, 0) is 18.2 Å². The first kappa shape index (κ1) is 11.7. The van der Waals surface area contributed by atoms with Crippen LogP contribution >= 0.6 is 0 Å². The Balaban J connectivity index is 2.08. The van der Waals surface area contributed by atoms with Crippen molar-refractivity contribution in [2.45, 2.75) is 6.17 Å². The first-order chi connectivity index (χ1) is 9.18. The van der Waals surface area contributed by atoms with Crippen LogP contribution in [0.15, 0.2) is 48.5 Å². The molecule has 4 heteroatoms. The summed E-state index contributed by atoms with van der Waals surface area (Å²) < 4.78 is 13.9. The summed E-state index contributed by atoms with van der Waals surface area (Å²) in [4.78, 5) is 13.9. The number of rotatable bonds is 1. The maximum atomic E-state index is 13.9. The first-order valence-electron chi connectivity index (χ1n) is 6.05. The number of hydrogen-bond donors (Lipinski definition) is 1. The zero-order valence-electron chi connectivity index (χ0n) is 10.4.